The molecule has 0 atom stereocenters. The Hall–Kier alpha value is -2.69. The number of rotatable bonds is 3. The molecule has 5 heteroatoms. The molecule has 0 radical (unpaired) electrons. The minimum absolute atomic E-state index is 0.164. The molecular formula is C16H13F2N3. The fourth-order valence-corrected chi connectivity index (χ4v) is 2.11. The highest BCUT2D eigenvalue weighted by atomic mass is 19.1. The number of nitrogens with one attached hydrogen (secondary N) is 1. The number of nitrogens with zero attached hydrogens (tertiary/aromatic N) is 1. The largest absolute Gasteiger partial charge is 0.399 e. The Bertz CT molecular complexity index is 803. The van der Waals surface area contributed by atoms with Crippen LogP contribution >= 0.6 is 0 Å². The molecule has 0 aliphatic heterocycles. The van der Waals surface area contributed by atoms with Crippen LogP contribution in [0.2, 0.25) is 0 Å². The zero-order chi connectivity index (χ0) is 14.8. The van der Waals surface area contributed by atoms with Gasteiger partial charge in [-0.1, -0.05) is 0 Å². The Morgan fingerprint density at radius 1 is 1.00 bits per heavy atom. The summed E-state index contributed by atoms with van der Waals surface area (Å²) in [6, 6.07) is 12.5. The molecule has 1 heterocycles. The normalized spacial score (nSPS) is 10.8. The highest BCUT2D eigenvalue weighted by Gasteiger charge is 2.04. The molecule has 3 N–H and O–H groups in total. The molecule has 0 saturated heterocycles. The van der Waals surface area contributed by atoms with E-state index in [0.717, 1.165) is 23.0 Å². The first kappa shape index (κ1) is 13.3. The SMILES string of the molecule is Nc1ccc2nc(NCc3cc(F)ccc3F)ccc2c1. The Kier molecular flexibility index (Phi) is 3.39. The fraction of sp³-hybridized carbons (Fsp3) is 0.0625. The van der Waals surface area contributed by atoms with Crippen LogP contribution in [-0.4, -0.2) is 4.98 Å². The van der Waals surface area contributed by atoms with Crippen LogP contribution in [0.3, 0.4) is 0 Å². The molecule has 0 unspecified atom stereocenters. The Morgan fingerprint density at radius 3 is 2.71 bits per heavy atom. The predicted octanol–water partition coefficient (Wildman–Crippen LogP) is 3.71. The molecule has 0 saturated carbocycles. The summed E-state index contributed by atoms with van der Waals surface area (Å²) in [5.74, 6) is -0.316. The average Bonchev–Trinajstić information content (AvgIpc) is 2.48. The van der Waals surface area contributed by atoms with E-state index in [4.69, 9.17) is 5.73 Å². The standard InChI is InChI=1S/C16H13F2N3/c17-12-2-4-14(18)11(7-12)9-20-16-6-1-10-8-13(19)3-5-15(10)21-16/h1-8H,9,19H2,(H,20,21). The van der Waals surface area contributed by atoms with Gasteiger partial charge in [-0.2, -0.15) is 0 Å². The number of hydrogen-bond acceptors (Lipinski definition) is 3. The van der Waals surface area contributed by atoms with Gasteiger partial charge in [0.25, 0.3) is 0 Å². The van der Waals surface area contributed by atoms with Crippen molar-refractivity contribution in [2.45, 2.75) is 6.54 Å². The second kappa shape index (κ2) is 5.36. The van der Waals surface area contributed by atoms with Crippen LogP contribution in [0.15, 0.2) is 48.5 Å². The predicted molar refractivity (Wildman–Crippen MR) is 79.8 cm³/mol. The molecule has 0 aliphatic carbocycles. The summed E-state index contributed by atoms with van der Waals surface area (Å²) in [6.45, 7) is 0.164. The van der Waals surface area contributed by atoms with Crippen molar-refractivity contribution in [3.8, 4) is 0 Å². The van der Waals surface area contributed by atoms with Crippen molar-refractivity contribution in [3.63, 3.8) is 0 Å². The molecule has 106 valence electrons. The van der Waals surface area contributed by atoms with Crippen LogP contribution in [0.25, 0.3) is 10.9 Å². The van der Waals surface area contributed by atoms with Gasteiger partial charge in [0.05, 0.1) is 5.52 Å². The average molecular weight is 285 g/mol. The van der Waals surface area contributed by atoms with Gasteiger partial charge < -0.3 is 11.1 Å². The van der Waals surface area contributed by atoms with Gasteiger partial charge in [0.15, 0.2) is 0 Å². The molecule has 0 spiro atoms. The number of benzene rings is 2. The third-order valence-electron chi connectivity index (χ3n) is 3.18. The van der Waals surface area contributed by atoms with E-state index in [1.807, 2.05) is 18.2 Å². The summed E-state index contributed by atoms with van der Waals surface area (Å²) < 4.78 is 26.6. The Morgan fingerprint density at radius 2 is 1.86 bits per heavy atom. The maximum absolute atomic E-state index is 13.5. The van der Waals surface area contributed by atoms with Crippen molar-refractivity contribution in [2.75, 3.05) is 11.1 Å². The van der Waals surface area contributed by atoms with Gasteiger partial charge in [-0.05, 0) is 48.5 Å². The monoisotopic (exact) mass is 285 g/mol. The third-order valence-corrected chi connectivity index (χ3v) is 3.18. The smallest absolute Gasteiger partial charge is 0.128 e. The topological polar surface area (TPSA) is 50.9 Å². The van der Waals surface area contributed by atoms with Crippen LogP contribution in [0.5, 0.6) is 0 Å². The fourth-order valence-electron chi connectivity index (χ4n) is 2.11. The van der Waals surface area contributed by atoms with Crippen molar-refractivity contribution in [2.24, 2.45) is 0 Å². The van der Waals surface area contributed by atoms with E-state index in [-0.39, 0.29) is 12.1 Å². The number of nitrogens with two attached hydrogens (primary N) is 1. The third kappa shape index (κ3) is 2.91. The van der Waals surface area contributed by atoms with E-state index in [1.54, 1.807) is 12.1 Å². The van der Waals surface area contributed by atoms with Crippen molar-refractivity contribution in [3.05, 3.63) is 65.7 Å². The number of nitrogen functional groups attached to an aromatic ring is 1. The molecule has 3 nitrogen and oxygen atoms in total. The molecule has 0 fully saturated rings. The summed E-state index contributed by atoms with van der Waals surface area (Å²) in [5, 5.41) is 3.91. The first-order valence-electron chi connectivity index (χ1n) is 6.46. The van der Waals surface area contributed by atoms with Crippen LogP contribution in [0.4, 0.5) is 20.3 Å². The first-order valence-corrected chi connectivity index (χ1v) is 6.46. The van der Waals surface area contributed by atoms with E-state index in [2.05, 4.69) is 10.3 Å². The number of halogens is 2. The summed E-state index contributed by atoms with van der Waals surface area (Å²) in [6.07, 6.45) is 0. The van der Waals surface area contributed by atoms with Crippen molar-refractivity contribution in [1.29, 1.82) is 0 Å². The van der Waals surface area contributed by atoms with Gasteiger partial charge in [0.2, 0.25) is 0 Å². The van der Waals surface area contributed by atoms with E-state index in [9.17, 15) is 8.78 Å². The molecule has 3 rings (SSSR count). The highest BCUT2D eigenvalue weighted by Crippen LogP contribution is 2.19. The maximum Gasteiger partial charge on any atom is 0.128 e. The second-order valence-electron chi connectivity index (χ2n) is 4.74. The van der Waals surface area contributed by atoms with Crippen LogP contribution in [0.1, 0.15) is 5.56 Å². The molecular weight excluding hydrogens is 272 g/mol. The van der Waals surface area contributed by atoms with Crippen molar-refractivity contribution in [1.82, 2.24) is 4.98 Å². The summed E-state index contributed by atoms with van der Waals surface area (Å²) in [4.78, 5) is 4.40. The minimum Gasteiger partial charge on any atom is -0.399 e. The van der Waals surface area contributed by atoms with E-state index < -0.39 is 11.6 Å². The Labute approximate surface area is 120 Å². The lowest BCUT2D eigenvalue weighted by atomic mass is 10.2. The molecule has 3 aromatic rings. The van der Waals surface area contributed by atoms with Gasteiger partial charge in [0.1, 0.15) is 17.5 Å². The second-order valence-corrected chi connectivity index (χ2v) is 4.74. The quantitative estimate of drug-likeness (QED) is 0.721. The number of aromatic nitrogens is 1. The van der Waals surface area contributed by atoms with Crippen LogP contribution in [0, 0.1) is 11.6 Å². The molecule has 21 heavy (non-hydrogen) atoms. The van der Waals surface area contributed by atoms with Crippen LogP contribution < -0.4 is 11.1 Å². The van der Waals surface area contributed by atoms with Crippen LogP contribution in [-0.2, 0) is 6.54 Å². The van der Waals surface area contributed by atoms with E-state index >= 15 is 0 Å². The van der Waals surface area contributed by atoms with E-state index in [0.29, 0.717) is 11.5 Å². The number of hydrogen-bond donors (Lipinski definition) is 2. The van der Waals surface area contributed by atoms with Gasteiger partial charge in [-0.25, -0.2) is 13.8 Å². The maximum atomic E-state index is 13.5. The molecule has 2 aromatic carbocycles. The van der Waals surface area contributed by atoms with Crippen molar-refractivity contribution < 1.29 is 8.78 Å². The van der Waals surface area contributed by atoms with Crippen molar-refractivity contribution >= 4 is 22.4 Å². The summed E-state index contributed by atoms with van der Waals surface area (Å²) in [7, 11) is 0. The molecule has 0 aliphatic rings. The minimum atomic E-state index is -0.463. The molecule has 1 aromatic heterocycles. The molecule has 0 bridgehead atoms. The lowest BCUT2D eigenvalue weighted by Gasteiger charge is -2.08. The van der Waals surface area contributed by atoms with Gasteiger partial charge in [0, 0.05) is 23.2 Å². The lowest BCUT2D eigenvalue weighted by molar-refractivity contribution is 0.587. The summed E-state index contributed by atoms with van der Waals surface area (Å²) in [5.41, 5.74) is 7.42. The van der Waals surface area contributed by atoms with E-state index in [1.165, 1.54) is 6.07 Å². The highest BCUT2D eigenvalue weighted by molar-refractivity contribution is 5.83. The zero-order valence-electron chi connectivity index (χ0n) is 11.1. The zero-order valence-corrected chi connectivity index (χ0v) is 11.1. The summed E-state index contributed by atoms with van der Waals surface area (Å²) >= 11 is 0. The Balaban J connectivity index is 1.82. The number of pyridine rings is 1. The number of anilines is 2. The molecule has 0 amide bonds. The van der Waals surface area contributed by atoms with Gasteiger partial charge >= 0.3 is 0 Å². The lowest BCUT2D eigenvalue weighted by Crippen LogP contribution is -2.04. The number of fused-ring (bicyclic) bond motifs is 1. The van der Waals surface area contributed by atoms with Gasteiger partial charge in [-0.3, -0.25) is 0 Å². The van der Waals surface area contributed by atoms with Gasteiger partial charge in [-0.15, -0.1) is 0 Å². The first-order chi connectivity index (χ1) is 10.1.